The maximum atomic E-state index is 13.0. The summed E-state index contributed by atoms with van der Waals surface area (Å²) in [4.78, 5) is 16.5. The molecule has 30 heavy (non-hydrogen) atoms. The Morgan fingerprint density at radius 1 is 1.03 bits per heavy atom. The Morgan fingerprint density at radius 3 is 2.53 bits per heavy atom. The molecular formula is C24H27N2O3S+. The molecule has 1 N–H and O–H groups in total. The van der Waals surface area contributed by atoms with E-state index in [-0.39, 0.29) is 5.91 Å². The molecule has 0 bridgehead atoms. The number of hydrogen-bond donors (Lipinski definition) is 1. The van der Waals surface area contributed by atoms with Crippen LogP contribution in [0.5, 0.6) is 11.5 Å². The third-order valence-corrected chi connectivity index (χ3v) is 6.17. The van der Waals surface area contributed by atoms with Crippen molar-refractivity contribution in [1.29, 1.82) is 0 Å². The van der Waals surface area contributed by atoms with Crippen LogP contribution in [-0.2, 0) is 13.2 Å². The number of methoxy groups -OCH3 is 1. The fraction of sp³-hybridized carbons (Fsp3) is 0.292. The summed E-state index contributed by atoms with van der Waals surface area (Å²) >= 11 is 1.74. The summed E-state index contributed by atoms with van der Waals surface area (Å²) in [7, 11) is 1.60. The van der Waals surface area contributed by atoms with Crippen LogP contribution < -0.4 is 14.4 Å². The summed E-state index contributed by atoms with van der Waals surface area (Å²) in [5, 5.41) is 4.33. The molecule has 1 amide bonds. The molecule has 1 aliphatic heterocycles. The van der Waals surface area contributed by atoms with Crippen molar-refractivity contribution in [1.82, 2.24) is 4.90 Å². The summed E-state index contributed by atoms with van der Waals surface area (Å²) in [6.45, 7) is 4.97. The SMILES string of the molecule is COc1cc(C(=O)N2CC[NH+](Cc3ccsc3)CC2)ccc1OCc1ccccc1. The van der Waals surface area contributed by atoms with Crippen molar-refractivity contribution < 1.29 is 19.2 Å². The Labute approximate surface area is 181 Å². The van der Waals surface area contributed by atoms with E-state index in [2.05, 4.69) is 16.8 Å². The van der Waals surface area contributed by atoms with Gasteiger partial charge in [-0.3, -0.25) is 4.79 Å². The lowest BCUT2D eigenvalue weighted by Crippen LogP contribution is -3.13. The van der Waals surface area contributed by atoms with Gasteiger partial charge in [0.15, 0.2) is 11.5 Å². The monoisotopic (exact) mass is 423 g/mol. The Kier molecular flexibility index (Phi) is 6.67. The zero-order valence-electron chi connectivity index (χ0n) is 17.2. The van der Waals surface area contributed by atoms with Gasteiger partial charge in [0.25, 0.3) is 5.91 Å². The minimum Gasteiger partial charge on any atom is -0.493 e. The Morgan fingerprint density at radius 2 is 1.83 bits per heavy atom. The van der Waals surface area contributed by atoms with Crippen molar-refractivity contribution in [2.24, 2.45) is 0 Å². The topological polar surface area (TPSA) is 43.2 Å². The van der Waals surface area contributed by atoms with Gasteiger partial charge in [-0.15, -0.1) is 0 Å². The van der Waals surface area contributed by atoms with E-state index in [9.17, 15) is 4.79 Å². The molecule has 6 heteroatoms. The van der Waals surface area contributed by atoms with Crippen LogP contribution >= 0.6 is 11.3 Å². The van der Waals surface area contributed by atoms with Gasteiger partial charge in [-0.2, -0.15) is 11.3 Å². The molecule has 1 aliphatic rings. The first-order valence-electron chi connectivity index (χ1n) is 10.2. The molecule has 0 spiro atoms. The van der Waals surface area contributed by atoms with Gasteiger partial charge in [0, 0.05) is 11.1 Å². The lowest BCUT2D eigenvalue weighted by molar-refractivity contribution is -0.917. The Bertz CT molecular complexity index is 952. The minimum atomic E-state index is 0.0532. The van der Waals surface area contributed by atoms with Gasteiger partial charge in [0.2, 0.25) is 0 Å². The normalized spacial score (nSPS) is 14.5. The maximum absolute atomic E-state index is 13.0. The molecule has 0 aliphatic carbocycles. The van der Waals surface area contributed by atoms with Crippen LogP contribution in [-0.4, -0.2) is 44.1 Å². The number of nitrogens with one attached hydrogen (secondary N) is 1. The predicted molar refractivity (Wildman–Crippen MR) is 118 cm³/mol. The molecule has 0 atom stereocenters. The van der Waals surface area contributed by atoms with Gasteiger partial charge in [-0.05, 0) is 40.6 Å². The average Bonchev–Trinajstić information content (AvgIpc) is 3.31. The minimum absolute atomic E-state index is 0.0532. The number of hydrogen-bond acceptors (Lipinski definition) is 4. The van der Waals surface area contributed by atoms with E-state index in [1.165, 1.54) is 10.5 Å². The number of quaternary nitrogens is 1. The van der Waals surface area contributed by atoms with Crippen molar-refractivity contribution in [2.45, 2.75) is 13.2 Å². The first-order valence-corrected chi connectivity index (χ1v) is 11.2. The smallest absolute Gasteiger partial charge is 0.254 e. The molecule has 1 aromatic heterocycles. The second-order valence-electron chi connectivity index (χ2n) is 7.49. The summed E-state index contributed by atoms with van der Waals surface area (Å²) in [5.41, 5.74) is 3.10. The van der Waals surface area contributed by atoms with Crippen molar-refractivity contribution in [3.05, 3.63) is 82.0 Å². The van der Waals surface area contributed by atoms with Gasteiger partial charge >= 0.3 is 0 Å². The molecule has 3 aromatic rings. The van der Waals surface area contributed by atoms with Gasteiger partial charge in [-0.1, -0.05) is 30.3 Å². The van der Waals surface area contributed by atoms with Crippen LogP contribution in [0.2, 0.25) is 0 Å². The first-order chi connectivity index (χ1) is 14.7. The van der Waals surface area contributed by atoms with E-state index in [1.54, 1.807) is 24.5 Å². The highest BCUT2D eigenvalue weighted by Gasteiger charge is 2.25. The van der Waals surface area contributed by atoms with Crippen LogP contribution in [0.3, 0.4) is 0 Å². The van der Waals surface area contributed by atoms with Crippen molar-refractivity contribution in [3.63, 3.8) is 0 Å². The van der Waals surface area contributed by atoms with E-state index in [0.717, 1.165) is 38.3 Å². The van der Waals surface area contributed by atoms with E-state index in [0.29, 0.717) is 23.7 Å². The molecule has 4 rings (SSSR count). The van der Waals surface area contributed by atoms with Gasteiger partial charge in [0.1, 0.15) is 13.2 Å². The number of piperazine rings is 1. The van der Waals surface area contributed by atoms with Gasteiger partial charge < -0.3 is 19.3 Å². The number of carbonyl (C=O) groups is 1. The number of carbonyl (C=O) groups excluding carboxylic acids is 1. The second kappa shape index (κ2) is 9.78. The third kappa shape index (κ3) is 5.01. The van der Waals surface area contributed by atoms with Crippen LogP contribution in [0.1, 0.15) is 21.5 Å². The molecule has 156 valence electrons. The Hall–Kier alpha value is -2.83. The number of ether oxygens (including phenoxy) is 2. The van der Waals surface area contributed by atoms with E-state index in [4.69, 9.17) is 9.47 Å². The van der Waals surface area contributed by atoms with E-state index in [1.807, 2.05) is 47.4 Å². The lowest BCUT2D eigenvalue weighted by atomic mass is 10.1. The fourth-order valence-electron chi connectivity index (χ4n) is 3.72. The van der Waals surface area contributed by atoms with Gasteiger partial charge in [0.05, 0.1) is 33.3 Å². The number of amides is 1. The average molecular weight is 424 g/mol. The van der Waals surface area contributed by atoms with Crippen molar-refractivity contribution in [2.75, 3.05) is 33.3 Å². The molecule has 2 heterocycles. The zero-order chi connectivity index (χ0) is 20.8. The van der Waals surface area contributed by atoms with Crippen LogP contribution in [0.4, 0.5) is 0 Å². The van der Waals surface area contributed by atoms with Crippen LogP contribution in [0, 0.1) is 0 Å². The first kappa shape index (κ1) is 20.4. The molecule has 0 saturated carbocycles. The maximum Gasteiger partial charge on any atom is 0.254 e. The summed E-state index contributed by atoms with van der Waals surface area (Å²) in [6.07, 6.45) is 0. The van der Waals surface area contributed by atoms with Crippen LogP contribution in [0.15, 0.2) is 65.4 Å². The van der Waals surface area contributed by atoms with Crippen molar-refractivity contribution >= 4 is 17.2 Å². The third-order valence-electron chi connectivity index (χ3n) is 5.44. The predicted octanol–water partition coefficient (Wildman–Crippen LogP) is 2.88. The summed E-state index contributed by atoms with van der Waals surface area (Å²) < 4.78 is 11.4. The standard InChI is InChI=1S/C24H26N2O3S/c1-28-23-15-21(7-8-22(23)29-17-19-5-3-2-4-6-19)24(27)26-12-10-25(11-13-26)16-20-9-14-30-18-20/h2-9,14-15,18H,10-13,16-17H2,1H3/p+1. The van der Waals surface area contributed by atoms with Crippen LogP contribution in [0.25, 0.3) is 0 Å². The summed E-state index contributed by atoms with van der Waals surface area (Å²) in [6, 6.07) is 17.6. The summed E-state index contributed by atoms with van der Waals surface area (Å²) in [5.74, 6) is 1.28. The van der Waals surface area contributed by atoms with Gasteiger partial charge in [-0.25, -0.2) is 0 Å². The Balaban J connectivity index is 1.36. The largest absolute Gasteiger partial charge is 0.493 e. The molecule has 0 radical (unpaired) electrons. The molecule has 5 nitrogen and oxygen atoms in total. The fourth-order valence-corrected chi connectivity index (χ4v) is 4.39. The molecule has 0 unspecified atom stereocenters. The zero-order valence-corrected chi connectivity index (χ0v) is 18.0. The highest BCUT2D eigenvalue weighted by molar-refractivity contribution is 7.07. The second-order valence-corrected chi connectivity index (χ2v) is 8.27. The molecule has 2 aromatic carbocycles. The number of thiophene rings is 1. The number of nitrogens with zero attached hydrogens (tertiary/aromatic N) is 1. The number of benzene rings is 2. The molecule has 1 fully saturated rings. The number of rotatable bonds is 7. The quantitative estimate of drug-likeness (QED) is 0.636. The highest BCUT2D eigenvalue weighted by atomic mass is 32.1. The van der Waals surface area contributed by atoms with E-state index < -0.39 is 0 Å². The molecular weight excluding hydrogens is 396 g/mol. The molecule has 1 saturated heterocycles. The van der Waals surface area contributed by atoms with Crippen molar-refractivity contribution in [3.8, 4) is 11.5 Å². The highest BCUT2D eigenvalue weighted by Crippen LogP contribution is 2.29. The van der Waals surface area contributed by atoms with E-state index >= 15 is 0 Å². The lowest BCUT2D eigenvalue weighted by Gasteiger charge is -2.32.